The fraction of sp³-hybridized carbons (Fsp3) is 0.735. The maximum atomic E-state index is 12.9. The molecule has 2 aromatic rings. The molecular formula is C68H118N2Ni. The van der Waals surface area contributed by atoms with Crippen molar-refractivity contribution in [3.63, 3.8) is 0 Å². The van der Waals surface area contributed by atoms with Gasteiger partial charge >= 0.3 is 16.5 Å². The number of benzene rings is 2. The summed E-state index contributed by atoms with van der Waals surface area (Å²) in [6.45, 7) is 25.4. The largest absolute Gasteiger partial charge is 2.00 e. The molecule has 0 saturated carbocycles. The summed E-state index contributed by atoms with van der Waals surface area (Å²) in [4.78, 5) is 0. The molecular weight excluding hydrogens is 903 g/mol. The Balaban J connectivity index is 0.00000504. The summed E-state index contributed by atoms with van der Waals surface area (Å²) in [7, 11) is 0. The van der Waals surface area contributed by atoms with E-state index in [0.29, 0.717) is 0 Å². The fourth-order valence-corrected chi connectivity index (χ4v) is 10.0. The van der Waals surface area contributed by atoms with Crippen LogP contribution >= 0.6 is 0 Å². The maximum absolute atomic E-state index is 12.9. The van der Waals surface area contributed by atoms with Crippen LogP contribution < -0.4 is 0 Å². The number of nitrogens with zero attached hydrogens (tertiary/aromatic N) is 2. The minimum Gasteiger partial charge on any atom is -0.493 e. The molecule has 1 heterocycles. The van der Waals surface area contributed by atoms with Crippen molar-refractivity contribution < 1.29 is 21.2 Å². The Morgan fingerprint density at radius 2 is 0.507 bits per heavy atom. The number of aryl methyl sites for hydroxylation is 4. The average molecular weight is 1020 g/mol. The predicted octanol–water partition coefficient (Wildman–Crippen LogP) is 23.6. The quantitative estimate of drug-likeness (QED) is 0.0274. The molecule has 0 bridgehead atoms. The zero-order valence-electron chi connectivity index (χ0n) is 48.8. The van der Waals surface area contributed by atoms with Gasteiger partial charge in [0.2, 0.25) is 11.4 Å². The zero-order chi connectivity index (χ0) is 51.3. The summed E-state index contributed by atoms with van der Waals surface area (Å²) in [6, 6.07) is 15.1. The fourth-order valence-electron chi connectivity index (χ4n) is 10.0. The van der Waals surface area contributed by atoms with Crippen molar-refractivity contribution in [2.45, 2.75) is 325 Å². The van der Waals surface area contributed by atoms with Gasteiger partial charge in [0.15, 0.2) is 0 Å². The molecule has 3 heteroatoms. The van der Waals surface area contributed by atoms with Gasteiger partial charge in [0, 0.05) is 22.3 Å². The van der Waals surface area contributed by atoms with Crippen LogP contribution in [0.1, 0.15) is 333 Å². The van der Waals surface area contributed by atoms with E-state index in [1.165, 1.54) is 256 Å². The molecule has 0 amide bonds. The van der Waals surface area contributed by atoms with Gasteiger partial charge in [-0.3, -0.25) is 0 Å². The number of hydrogen-bond donors (Lipinski definition) is 0. The van der Waals surface area contributed by atoms with E-state index in [2.05, 4.69) is 106 Å². The molecule has 0 radical (unpaired) electrons. The minimum absolute atomic E-state index is 0. The molecule has 2 nitrogen and oxygen atoms in total. The Bertz CT molecular complexity index is 1540. The van der Waals surface area contributed by atoms with Crippen LogP contribution in [0, 0.1) is 13.8 Å². The number of allylic oxidation sites excluding steroid dienone is 2. The molecule has 410 valence electrons. The first-order valence-corrected chi connectivity index (χ1v) is 31.1. The van der Waals surface area contributed by atoms with Gasteiger partial charge < -0.3 is 19.4 Å². The van der Waals surface area contributed by atoms with Crippen LogP contribution in [-0.2, 0) is 42.2 Å². The van der Waals surface area contributed by atoms with Crippen molar-refractivity contribution in [1.82, 2.24) is 0 Å². The molecule has 0 spiro atoms. The van der Waals surface area contributed by atoms with Crippen LogP contribution in [0.4, 0.5) is 0 Å². The van der Waals surface area contributed by atoms with Gasteiger partial charge in [0.25, 0.3) is 0 Å². The standard InChI is InChI=1S/C60H100N2.2C4H9.Ni/c1-7-13-19-24-29-34-39-51-45-52(40-35-30-25-20-14-8-2)48-55(47-51)59-57(43-18-12-6)58(44-38-33-28-23-17-11-5)60(62(59)61)56-49-53(41-36-31-26-21-15-9-3)46-54(50-56)42-37-32-27-22-16-10-4;2*1-3-4-2;/h45-50H,7-44H2,1-6H3;2*1,3-4H2,2H3;/q;2*-1;+2. The van der Waals surface area contributed by atoms with Gasteiger partial charge in [-0.1, -0.05) is 247 Å². The van der Waals surface area contributed by atoms with E-state index in [1.54, 1.807) is 4.70 Å². The first-order valence-electron chi connectivity index (χ1n) is 31.1. The summed E-state index contributed by atoms with van der Waals surface area (Å²) in [6.07, 6.45) is 53.1. The Morgan fingerprint density at radius 3 is 0.746 bits per heavy atom. The molecule has 0 fully saturated rings. The number of hydrogen-bond acceptors (Lipinski definition) is 0. The second kappa shape index (κ2) is 48.9. The zero-order valence-corrected chi connectivity index (χ0v) is 49.8. The first kappa shape index (κ1) is 69.0. The van der Waals surface area contributed by atoms with Crippen molar-refractivity contribution in [1.29, 1.82) is 0 Å². The van der Waals surface area contributed by atoms with Crippen molar-refractivity contribution >= 4 is 11.4 Å². The third-order valence-corrected chi connectivity index (χ3v) is 14.6. The number of unbranched alkanes of at least 4 members (excludes halogenated alkanes) is 28. The first-order chi connectivity index (χ1) is 34.3. The monoisotopic (exact) mass is 1020 g/mol. The van der Waals surface area contributed by atoms with Gasteiger partial charge in [-0.15, -0.1) is 0 Å². The molecule has 0 aromatic heterocycles. The molecule has 3 rings (SSSR count). The average Bonchev–Trinajstić information content (AvgIpc) is 3.65. The van der Waals surface area contributed by atoms with Crippen LogP contribution in [0.5, 0.6) is 0 Å². The molecule has 2 aromatic carbocycles. The van der Waals surface area contributed by atoms with Gasteiger partial charge in [-0.25, -0.2) is 4.70 Å². The number of rotatable bonds is 42. The topological polar surface area (TPSA) is 25.3 Å². The van der Waals surface area contributed by atoms with Crippen LogP contribution in [0.15, 0.2) is 47.5 Å². The summed E-state index contributed by atoms with van der Waals surface area (Å²) in [5.41, 5.74) is 26.4. The third kappa shape index (κ3) is 32.2. The molecule has 1 aliphatic heterocycles. The summed E-state index contributed by atoms with van der Waals surface area (Å²) >= 11 is 0. The van der Waals surface area contributed by atoms with Crippen LogP contribution in [0.3, 0.4) is 0 Å². The van der Waals surface area contributed by atoms with Crippen molar-refractivity contribution in [3.05, 3.63) is 100 Å². The molecule has 0 N–H and O–H groups in total. The molecule has 0 unspecified atom stereocenters. The van der Waals surface area contributed by atoms with E-state index in [1.807, 2.05) is 0 Å². The molecule has 0 aliphatic carbocycles. The van der Waals surface area contributed by atoms with Crippen molar-refractivity contribution in [3.8, 4) is 0 Å². The Morgan fingerprint density at radius 1 is 0.296 bits per heavy atom. The molecule has 0 saturated heterocycles. The third-order valence-electron chi connectivity index (χ3n) is 14.6. The van der Waals surface area contributed by atoms with E-state index in [-0.39, 0.29) is 16.5 Å². The van der Waals surface area contributed by atoms with Crippen LogP contribution in [0.25, 0.3) is 16.9 Å². The van der Waals surface area contributed by atoms with Gasteiger partial charge in [-0.05, 0) is 124 Å². The summed E-state index contributed by atoms with van der Waals surface area (Å²) < 4.78 is 1.73. The molecule has 1 aliphatic rings. The van der Waals surface area contributed by atoms with E-state index in [4.69, 9.17) is 0 Å². The van der Waals surface area contributed by atoms with Crippen LogP contribution in [-0.4, -0.2) is 4.70 Å². The normalized spacial score (nSPS) is 12.3. The van der Waals surface area contributed by atoms with Crippen LogP contribution in [0.2, 0.25) is 0 Å². The van der Waals surface area contributed by atoms with Gasteiger partial charge in [0.1, 0.15) is 0 Å². The Hall–Kier alpha value is -1.99. The van der Waals surface area contributed by atoms with Crippen molar-refractivity contribution in [2.24, 2.45) is 0 Å². The minimum atomic E-state index is 0. The smallest absolute Gasteiger partial charge is 0.493 e. The SMILES string of the molecule is CCCCCCCCC1=C(c2cc(CCCCCCCC)cc(CCCCCCCC)c2)[N+](=[N-])C(c2cc(CCCCCCCC)cc(CCCCCCCC)c2)=C1CCCC.[CH2-]CCC.[CH2-]CCC.[Ni+2]. The summed E-state index contributed by atoms with van der Waals surface area (Å²) in [5.74, 6) is 0. The summed E-state index contributed by atoms with van der Waals surface area (Å²) in [5, 5.41) is 0. The van der Waals surface area contributed by atoms with E-state index < -0.39 is 0 Å². The van der Waals surface area contributed by atoms with E-state index in [0.717, 1.165) is 69.2 Å². The van der Waals surface area contributed by atoms with Gasteiger partial charge in [-0.2, -0.15) is 12.8 Å². The predicted molar refractivity (Wildman–Crippen MR) is 317 cm³/mol. The Kier molecular flexibility index (Phi) is 47.6. The molecule has 71 heavy (non-hydrogen) atoms. The maximum Gasteiger partial charge on any atom is 2.00 e. The van der Waals surface area contributed by atoms with Gasteiger partial charge in [0.05, 0.1) is 0 Å². The van der Waals surface area contributed by atoms with Crippen molar-refractivity contribution in [2.75, 3.05) is 0 Å². The van der Waals surface area contributed by atoms with E-state index in [9.17, 15) is 5.53 Å². The molecule has 0 atom stereocenters. The Labute approximate surface area is 455 Å². The second-order valence-electron chi connectivity index (χ2n) is 21.4. The van der Waals surface area contributed by atoms with E-state index >= 15 is 0 Å². The second-order valence-corrected chi connectivity index (χ2v) is 21.4.